The molecule has 9 nitrogen and oxygen atoms in total. The third kappa shape index (κ3) is 3.48. The molecule has 0 aromatic rings. The van der Waals surface area contributed by atoms with Crippen LogP contribution in [0, 0.1) is 0 Å². The predicted octanol–water partition coefficient (Wildman–Crippen LogP) is -0.330. The molecule has 0 aromatic heterocycles. The minimum Gasteiger partial charge on any atom is -0.477 e. The van der Waals surface area contributed by atoms with Gasteiger partial charge in [0.25, 0.3) is 0 Å². The number of amides is 2. The van der Waals surface area contributed by atoms with Crippen molar-refractivity contribution < 1.29 is 19.5 Å². The fourth-order valence-corrected chi connectivity index (χ4v) is 6.38. The number of carboxylic acid groups (broad SMARTS) is 1. The van der Waals surface area contributed by atoms with Crippen LogP contribution in [0.1, 0.15) is 6.92 Å². The molecule has 2 unspecified atom stereocenters. The van der Waals surface area contributed by atoms with Crippen LogP contribution in [-0.4, -0.2) is 72.6 Å². The summed E-state index contributed by atoms with van der Waals surface area (Å²) in [4.78, 5) is 36.0. The molecule has 3 aliphatic rings. The third-order valence-electron chi connectivity index (χ3n) is 3.74. The van der Waals surface area contributed by atoms with Crippen molar-refractivity contribution in [3.05, 3.63) is 11.3 Å². The average molecular weight is 404 g/mol. The summed E-state index contributed by atoms with van der Waals surface area (Å²) >= 11 is 4.38. The lowest BCUT2D eigenvalue weighted by molar-refractivity contribution is -0.147. The molecule has 4 N–H and O–H groups in total. The number of β-lactam (4-membered cyclic amide) rings is 1. The maximum atomic E-state index is 11.9. The Kier molecular flexibility index (Phi) is 5.23. The molecule has 3 atom stereocenters. The first-order valence-electron chi connectivity index (χ1n) is 7.32. The van der Waals surface area contributed by atoms with Gasteiger partial charge in [-0.25, -0.2) is 4.79 Å². The highest BCUT2D eigenvalue weighted by Gasteiger charge is 2.51. The van der Waals surface area contributed by atoms with E-state index in [1.54, 1.807) is 12.1 Å². The summed E-state index contributed by atoms with van der Waals surface area (Å²) < 4.78 is -0.0820. The van der Waals surface area contributed by atoms with E-state index in [1.807, 2.05) is 0 Å². The Hall–Kier alpha value is -1.37. The van der Waals surface area contributed by atoms with Crippen molar-refractivity contribution in [3.8, 4) is 0 Å². The Labute approximate surface area is 156 Å². The highest BCUT2D eigenvalue weighted by molar-refractivity contribution is 8.25. The van der Waals surface area contributed by atoms with Crippen molar-refractivity contribution in [2.24, 2.45) is 10.8 Å². The van der Waals surface area contributed by atoms with Gasteiger partial charge in [-0.05, 0) is 17.3 Å². The first kappa shape index (κ1) is 18.4. The molecular weight excluding hydrogens is 386 g/mol. The number of rotatable bonds is 4. The molecule has 136 valence electrons. The number of nitrogens with zero attached hydrogens (tertiary/aromatic N) is 3. The predicted molar refractivity (Wildman–Crippen MR) is 98.6 cm³/mol. The van der Waals surface area contributed by atoms with E-state index < -0.39 is 12.0 Å². The van der Waals surface area contributed by atoms with Gasteiger partial charge in [0, 0.05) is 25.5 Å². The molecule has 0 radical (unpaired) electrons. The minimum absolute atomic E-state index is 0.0524. The Balaban J connectivity index is 1.67. The molecule has 3 aliphatic heterocycles. The second-order valence-electron chi connectivity index (χ2n) is 5.59. The van der Waals surface area contributed by atoms with Gasteiger partial charge in [-0.3, -0.25) is 19.5 Å². The van der Waals surface area contributed by atoms with Gasteiger partial charge in [0.1, 0.15) is 21.8 Å². The second kappa shape index (κ2) is 7.09. The Bertz CT molecular complexity index is 697. The number of carboxylic acids is 1. The number of thioether (sulfide) groups is 3. The number of fused-ring (bicyclic) bond motifs is 1. The van der Waals surface area contributed by atoms with Crippen molar-refractivity contribution in [2.75, 3.05) is 18.6 Å². The number of hydrogen-bond donors (Lipinski definition) is 3. The zero-order valence-electron chi connectivity index (χ0n) is 13.5. The largest absolute Gasteiger partial charge is 0.477 e. The van der Waals surface area contributed by atoms with Gasteiger partial charge < -0.3 is 16.2 Å². The zero-order chi connectivity index (χ0) is 18.3. The molecule has 2 amide bonds. The maximum absolute atomic E-state index is 11.9. The number of hydrogen-bond acceptors (Lipinski definition) is 9. The summed E-state index contributed by atoms with van der Waals surface area (Å²) in [7, 11) is 1.79. The fraction of sp³-hybridized carbons (Fsp3) is 0.538. The van der Waals surface area contributed by atoms with Gasteiger partial charge in [-0.15, -0.1) is 23.5 Å². The second-order valence-corrected chi connectivity index (χ2v) is 9.13. The van der Waals surface area contributed by atoms with Crippen LogP contribution in [0.3, 0.4) is 0 Å². The molecule has 25 heavy (non-hydrogen) atoms. The van der Waals surface area contributed by atoms with Crippen LogP contribution in [0.25, 0.3) is 0 Å². The van der Waals surface area contributed by atoms with E-state index in [1.165, 1.54) is 47.1 Å². The zero-order valence-corrected chi connectivity index (χ0v) is 15.9. The third-order valence-corrected chi connectivity index (χ3v) is 7.82. The Morgan fingerprint density at radius 2 is 2.24 bits per heavy atom. The summed E-state index contributed by atoms with van der Waals surface area (Å²) in [6.45, 7) is 1.41. The van der Waals surface area contributed by atoms with E-state index in [0.29, 0.717) is 22.2 Å². The van der Waals surface area contributed by atoms with Crippen molar-refractivity contribution in [1.82, 2.24) is 15.2 Å². The average Bonchev–Trinajstić information content (AvgIpc) is 2.89. The number of amidine groups is 1. The Morgan fingerprint density at radius 3 is 2.88 bits per heavy atom. The van der Waals surface area contributed by atoms with Crippen LogP contribution >= 0.6 is 35.3 Å². The van der Waals surface area contributed by atoms with Gasteiger partial charge in [-0.1, -0.05) is 0 Å². The van der Waals surface area contributed by atoms with E-state index in [9.17, 15) is 19.5 Å². The van der Waals surface area contributed by atoms with E-state index in [-0.39, 0.29) is 27.6 Å². The molecule has 0 bridgehead atoms. The highest BCUT2D eigenvalue weighted by Crippen LogP contribution is 2.41. The van der Waals surface area contributed by atoms with Gasteiger partial charge in [0.15, 0.2) is 5.17 Å². The molecule has 0 aliphatic carbocycles. The van der Waals surface area contributed by atoms with Crippen molar-refractivity contribution in [1.29, 1.82) is 0 Å². The lowest BCUT2D eigenvalue weighted by atomic mass is 10.0. The van der Waals surface area contributed by atoms with Crippen LogP contribution in [0.4, 0.5) is 0 Å². The standard InChI is InChI=1S/C13H17N5O4S3/c1-5(19)15-12-16-17(2)13(25-12)24-4-6-3-23-10-7(14)9(20)18(10)8(6)11(21)22/h7,10,13H,3-4,14H2,1-2H3,(H,21,22)(H,15,16,19)/t7?,10-,13?/m0/s1. The van der Waals surface area contributed by atoms with E-state index in [2.05, 4.69) is 10.4 Å². The molecular formula is C13H17N5O4S3. The number of nitrogens with two attached hydrogens (primary N) is 1. The van der Waals surface area contributed by atoms with E-state index >= 15 is 0 Å². The normalized spacial score (nSPS) is 28.5. The minimum atomic E-state index is -1.11. The maximum Gasteiger partial charge on any atom is 0.352 e. The number of carbonyl (C=O) groups excluding carboxylic acids is 2. The number of aliphatic carboxylic acids is 1. The summed E-state index contributed by atoms with van der Waals surface area (Å²) in [6, 6.07) is -0.626. The van der Waals surface area contributed by atoms with Crippen molar-refractivity contribution in [3.63, 3.8) is 0 Å². The van der Waals surface area contributed by atoms with Crippen LogP contribution in [-0.2, 0) is 14.4 Å². The van der Waals surface area contributed by atoms with Crippen LogP contribution < -0.4 is 11.1 Å². The highest BCUT2D eigenvalue weighted by atomic mass is 32.2. The van der Waals surface area contributed by atoms with Crippen molar-refractivity contribution >= 4 is 58.2 Å². The Morgan fingerprint density at radius 1 is 1.52 bits per heavy atom. The smallest absolute Gasteiger partial charge is 0.352 e. The lowest BCUT2D eigenvalue weighted by Crippen LogP contribution is -2.68. The number of carbonyl (C=O) groups is 3. The summed E-state index contributed by atoms with van der Waals surface area (Å²) in [5.41, 5.74) is 6.49. The van der Waals surface area contributed by atoms with E-state index in [4.69, 9.17) is 5.73 Å². The van der Waals surface area contributed by atoms with Crippen LogP contribution in [0.5, 0.6) is 0 Å². The monoisotopic (exact) mass is 403 g/mol. The first-order chi connectivity index (χ1) is 11.8. The van der Waals surface area contributed by atoms with Gasteiger partial charge >= 0.3 is 5.97 Å². The molecule has 1 fully saturated rings. The van der Waals surface area contributed by atoms with Crippen molar-refractivity contribution in [2.45, 2.75) is 23.0 Å². The first-order valence-corrected chi connectivity index (χ1v) is 10.3. The summed E-state index contributed by atoms with van der Waals surface area (Å²) in [5.74, 6) is -0.671. The quantitative estimate of drug-likeness (QED) is 0.540. The van der Waals surface area contributed by atoms with Crippen LogP contribution in [0.15, 0.2) is 16.4 Å². The van der Waals surface area contributed by atoms with Crippen LogP contribution in [0.2, 0.25) is 0 Å². The van der Waals surface area contributed by atoms with Gasteiger partial charge in [-0.2, -0.15) is 5.10 Å². The molecule has 1 saturated heterocycles. The van der Waals surface area contributed by atoms with Gasteiger partial charge in [0.2, 0.25) is 11.8 Å². The number of hydrazone groups is 1. The molecule has 0 spiro atoms. The topological polar surface area (TPSA) is 128 Å². The SMILES string of the molecule is CC(=O)NC1=NN(C)C(SCC2=C(C(=O)O)N3C(=O)C(N)[C@@H]3SC2)S1. The number of nitrogens with one attached hydrogen (secondary N) is 1. The van der Waals surface area contributed by atoms with Gasteiger partial charge in [0.05, 0.1) is 0 Å². The van der Waals surface area contributed by atoms with E-state index in [0.717, 1.165) is 0 Å². The summed E-state index contributed by atoms with van der Waals surface area (Å²) in [5, 5.41) is 18.3. The molecule has 3 rings (SSSR count). The fourth-order valence-electron chi connectivity index (χ4n) is 2.60. The molecule has 0 aromatic carbocycles. The lowest BCUT2D eigenvalue weighted by Gasteiger charge is -2.48. The molecule has 12 heteroatoms. The summed E-state index contributed by atoms with van der Waals surface area (Å²) in [6.07, 6.45) is 0. The molecule has 0 saturated carbocycles. The molecule has 3 heterocycles.